The Balaban J connectivity index is 0.00000380. The van der Waals surface area contributed by atoms with Gasteiger partial charge < -0.3 is 24.2 Å². The van der Waals surface area contributed by atoms with E-state index in [9.17, 15) is 22.6 Å². The molecule has 0 saturated carbocycles. The summed E-state index contributed by atoms with van der Waals surface area (Å²) in [4.78, 5) is 21.8. The minimum absolute atomic E-state index is 0. The first-order chi connectivity index (χ1) is 17.1. The van der Waals surface area contributed by atoms with Gasteiger partial charge >= 0.3 is 41.5 Å². The van der Waals surface area contributed by atoms with Gasteiger partial charge in [-0.3, -0.25) is 0 Å². The second-order valence-electron chi connectivity index (χ2n) is 7.85. The summed E-state index contributed by atoms with van der Waals surface area (Å²) in [5.74, 6) is -1.15. The Kier molecular flexibility index (Phi) is 8.62. The average Bonchev–Trinajstić information content (AvgIpc) is 2.85. The van der Waals surface area contributed by atoms with Crippen LogP contribution in [0.5, 0.6) is 11.5 Å². The number of hydrogen-bond donors (Lipinski definition) is 2. The van der Waals surface area contributed by atoms with Crippen LogP contribution < -0.4 is 39.0 Å². The van der Waals surface area contributed by atoms with Gasteiger partial charge in [0.1, 0.15) is 27.4 Å². The number of benzene rings is 3. The molecule has 0 amide bonds. The van der Waals surface area contributed by atoms with Crippen LogP contribution in [-0.4, -0.2) is 35.1 Å². The summed E-state index contributed by atoms with van der Waals surface area (Å²) in [5, 5.41) is 18.2. The molecule has 1 aliphatic rings. The van der Waals surface area contributed by atoms with Gasteiger partial charge in [0.2, 0.25) is 0 Å². The molecule has 0 aromatic heterocycles. The molecule has 0 bridgehead atoms. The molecular weight excluding hydrogens is 511 g/mol. The quantitative estimate of drug-likeness (QED) is 0.323. The van der Waals surface area contributed by atoms with Crippen LogP contribution in [0.1, 0.15) is 32.7 Å². The molecule has 2 N–H and O–H groups in total. The van der Waals surface area contributed by atoms with E-state index in [4.69, 9.17) is 19.7 Å². The molecule has 37 heavy (non-hydrogen) atoms. The van der Waals surface area contributed by atoms with Crippen LogP contribution in [0.25, 0.3) is 0 Å². The van der Waals surface area contributed by atoms with E-state index in [-0.39, 0.29) is 58.4 Å². The Hall–Kier alpha value is -3.41. The van der Waals surface area contributed by atoms with Crippen molar-refractivity contribution in [3.8, 4) is 11.5 Å². The number of allylic oxidation sites excluding steroid dienone is 1. The number of rotatable bonds is 8. The predicted octanol–water partition coefficient (Wildman–Crippen LogP) is 1.19. The second-order valence-corrected chi connectivity index (χ2v) is 9.19. The average molecular weight is 530 g/mol. The van der Waals surface area contributed by atoms with Gasteiger partial charge in [-0.15, -0.1) is 0 Å². The Bertz CT molecular complexity index is 1480. The van der Waals surface area contributed by atoms with Crippen molar-refractivity contribution in [2.75, 3.05) is 0 Å². The zero-order chi connectivity index (χ0) is 25.9. The van der Waals surface area contributed by atoms with Crippen molar-refractivity contribution in [3.63, 3.8) is 0 Å². The van der Waals surface area contributed by atoms with Crippen LogP contribution in [-0.2, 0) is 15.7 Å². The van der Waals surface area contributed by atoms with Crippen molar-refractivity contribution in [3.05, 3.63) is 113 Å². The van der Waals surface area contributed by atoms with Crippen molar-refractivity contribution < 1.29 is 71.8 Å². The van der Waals surface area contributed by atoms with Crippen molar-refractivity contribution in [1.82, 2.24) is 0 Å². The molecule has 0 fully saturated rings. The van der Waals surface area contributed by atoms with Gasteiger partial charge in [-0.1, -0.05) is 18.2 Å². The summed E-state index contributed by atoms with van der Waals surface area (Å²) in [5.41, 5.74) is -1.16. The van der Waals surface area contributed by atoms with Gasteiger partial charge in [-0.25, -0.2) is 18.0 Å². The summed E-state index contributed by atoms with van der Waals surface area (Å²) >= 11 is 0. The first-order valence-corrected chi connectivity index (χ1v) is 12.0. The minimum Gasteiger partial charge on any atom is -0.744 e. The van der Waals surface area contributed by atoms with E-state index in [1.54, 1.807) is 24.3 Å². The molecule has 11 heteroatoms. The van der Waals surface area contributed by atoms with E-state index in [0.717, 1.165) is 0 Å². The van der Waals surface area contributed by atoms with E-state index >= 15 is 0 Å². The number of aromatic carboxylic acids is 2. The molecule has 1 aliphatic carbocycles. The topological polar surface area (TPSA) is 150 Å². The zero-order valence-electron chi connectivity index (χ0n) is 19.5. The fourth-order valence-electron chi connectivity index (χ4n) is 3.72. The normalized spacial score (nSPS) is 16.7. The first kappa shape index (κ1) is 28.2. The molecule has 1 unspecified atom stereocenters. The fraction of sp³-hybridized carbons (Fsp3) is 0.0769. The maximum Gasteiger partial charge on any atom is 1.00 e. The Morgan fingerprint density at radius 2 is 1.38 bits per heavy atom. The third-order valence-electron chi connectivity index (χ3n) is 5.47. The minimum atomic E-state index is -4.85. The number of carbonyl (C=O) groups is 2. The molecule has 0 heterocycles. The summed E-state index contributed by atoms with van der Waals surface area (Å²) in [6, 6.07) is 17.0. The molecule has 0 radical (unpaired) electrons. The van der Waals surface area contributed by atoms with Crippen LogP contribution in [0.3, 0.4) is 0 Å². The standard InChI is InChI=1S/C26H20O9S.Na/c27-24(28)17-5-9-19(10-6-17)34-20-13-15-26(16-14-20,22-3-1-2-4-23(22)36(31,32)33)35-21-11-7-18(8-12-21)25(29)30;/h1-15H,16H2,(H,27,28)(H,29,30)(H,31,32,33);/q;+1/p-1. The number of hydrogen-bond acceptors (Lipinski definition) is 7. The maximum atomic E-state index is 12.0. The van der Waals surface area contributed by atoms with E-state index < -0.39 is 32.6 Å². The molecule has 4 rings (SSSR count). The molecule has 3 aromatic rings. The third kappa shape index (κ3) is 6.48. The van der Waals surface area contributed by atoms with Crippen molar-refractivity contribution in [2.45, 2.75) is 16.9 Å². The molecule has 9 nitrogen and oxygen atoms in total. The maximum absolute atomic E-state index is 12.0. The summed E-state index contributed by atoms with van der Waals surface area (Å²) in [6.07, 6.45) is 4.82. The van der Waals surface area contributed by atoms with Crippen molar-refractivity contribution in [2.24, 2.45) is 0 Å². The molecular formula is C26H19NaO9S. The molecule has 0 aliphatic heterocycles. The number of carboxylic acids is 2. The van der Waals surface area contributed by atoms with Crippen LogP contribution in [0.2, 0.25) is 0 Å². The zero-order valence-corrected chi connectivity index (χ0v) is 22.3. The van der Waals surface area contributed by atoms with E-state index in [1.807, 2.05) is 0 Å². The molecule has 0 saturated heterocycles. The van der Waals surface area contributed by atoms with Gasteiger partial charge in [0, 0.05) is 12.0 Å². The molecule has 184 valence electrons. The summed E-state index contributed by atoms with van der Waals surface area (Å²) in [7, 11) is -4.85. The third-order valence-corrected chi connectivity index (χ3v) is 6.37. The predicted molar refractivity (Wildman–Crippen MR) is 126 cm³/mol. The SMILES string of the molecule is O=C(O)c1ccc(OC2=CCC(Oc3ccc(C(=O)O)cc3)(c3ccccc3S(=O)(=O)[O-])C=C2)cc1.[Na+]. The monoisotopic (exact) mass is 530 g/mol. The summed E-state index contributed by atoms with van der Waals surface area (Å²) in [6.45, 7) is 0. The first-order valence-electron chi connectivity index (χ1n) is 10.6. The second kappa shape index (κ2) is 11.3. The van der Waals surface area contributed by atoms with Crippen LogP contribution in [0.4, 0.5) is 0 Å². The van der Waals surface area contributed by atoms with E-state index in [2.05, 4.69) is 0 Å². The number of carboxylic acid groups (broad SMARTS) is 2. The fourth-order valence-corrected chi connectivity index (χ4v) is 4.48. The Morgan fingerprint density at radius 3 is 1.86 bits per heavy atom. The molecule has 3 aromatic carbocycles. The van der Waals surface area contributed by atoms with Crippen LogP contribution >= 0.6 is 0 Å². The summed E-state index contributed by atoms with van der Waals surface area (Å²) < 4.78 is 48.0. The van der Waals surface area contributed by atoms with Crippen LogP contribution in [0, 0.1) is 0 Å². The van der Waals surface area contributed by atoms with Crippen LogP contribution in [0.15, 0.2) is 102 Å². The van der Waals surface area contributed by atoms with Crippen molar-refractivity contribution in [1.29, 1.82) is 0 Å². The van der Waals surface area contributed by atoms with Gasteiger partial charge in [-0.05, 0) is 72.8 Å². The van der Waals surface area contributed by atoms with Crippen molar-refractivity contribution >= 4 is 22.1 Å². The Morgan fingerprint density at radius 1 is 0.838 bits per heavy atom. The van der Waals surface area contributed by atoms with E-state index in [0.29, 0.717) is 11.5 Å². The Labute approximate surface area is 234 Å². The molecule has 0 spiro atoms. The van der Waals surface area contributed by atoms with Gasteiger partial charge in [0.05, 0.1) is 16.0 Å². The number of ether oxygens (including phenoxy) is 2. The van der Waals surface area contributed by atoms with Gasteiger partial charge in [0.25, 0.3) is 0 Å². The van der Waals surface area contributed by atoms with E-state index in [1.165, 1.54) is 66.7 Å². The van der Waals surface area contributed by atoms with Gasteiger partial charge in [0.15, 0.2) is 5.60 Å². The smallest absolute Gasteiger partial charge is 0.744 e. The van der Waals surface area contributed by atoms with Gasteiger partial charge in [-0.2, -0.15) is 0 Å². The largest absolute Gasteiger partial charge is 1.00 e. The molecule has 1 atom stereocenters.